The van der Waals surface area contributed by atoms with Crippen LogP contribution in [-0.2, 0) is 0 Å². The Balaban J connectivity index is 4.57. The standard InChI is InChI=1S/C21H42N2/c1-5-9-13-16-20-22(18-12-8-4)23(19-15-11-7-3)21-17-14-10-6-2/h6,16,20H,2,5,7-15,17-19,21H2,1,3-4H3/p+1. The quantitative estimate of drug-likeness (QED) is 0.221. The van der Waals surface area contributed by atoms with E-state index in [0.29, 0.717) is 0 Å². The highest BCUT2D eigenvalue weighted by Crippen LogP contribution is 1.99. The van der Waals surface area contributed by atoms with Gasteiger partial charge in [0.25, 0.3) is 0 Å². The molecular weight excluding hydrogens is 280 g/mol. The Kier molecular flexibility index (Phi) is 17.0. The van der Waals surface area contributed by atoms with Crippen LogP contribution < -0.4 is 5.01 Å². The molecule has 0 spiro atoms. The van der Waals surface area contributed by atoms with Gasteiger partial charge in [-0.05, 0) is 44.9 Å². The van der Waals surface area contributed by atoms with Crippen molar-refractivity contribution in [2.75, 3.05) is 19.6 Å². The molecular formula is C21H43N2+. The van der Waals surface area contributed by atoms with Crippen LogP contribution in [0.3, 0.4) is 0 Å². The highest BCUT2D eigenvalue weighted by Gasteiger charge is 2.14. The maximum absolute atomic E-state index is 3.84. The third-order valence-corrected chi connectivity index (χ3v) is 4.36. The van der Waals surface area contributed by atoms with Gasteiger partial charge in [0.1, 0.15) is 0 Å². The molecule has 1 N–H and O–H groups in total. The molecule has 0 aliphatic rings. The Morgan fingerprint density at radius 1 is 0.783 bits per heavy atom. The fourth-order valence-corrected chi connectivity index (χ4v) is 2.80. The van der Waals surface area contributed by atoms with Crippen LogP contribution in [0.15, 0.2) is 24.9 Å². The Labute approximate surface area is 146 Å². The van der Waals surface area contributed by atoms with Gasteiger partial charge in [-0.15, -0.1) is 6.58 Å². The van der Waals surface area contributed by atoms with Crippen LogP contribution in [-0.4, -0.2) is 24.6 Å². The number of quaternary nitrogens is 1. The maximum atomic E-state index is 3.84. The van der Waals surface area contributed by atoms with Gasteiger partial charge in [0, 0.05) is 6.20 Å². The second-order valence-corrected chi connectivity index (χ2v) is 6.63. The second kappa shape index (κ2) is 17.6. The van der Waals surface area contributed by atoms with Crippen LogP contribution >= 0.6 is 0 Å². The molecule has 0 heterocycles. The fourth-order valence-electron chi connectivity index (χ4n) is 2.80. The van der Waals surface area contributed by atoms with Crippen molar-refractivity contribution >= 4 is 0 Å². The molecule has 23 heavy (non-hydrogen) atoms. The molecule has 0 aromatic carbocycles. The van der Waals surface area contributed by atoms with E-state index in [1.807, 2.05) is 0 Å². The van der Waals surface area contributed by atoms with Gasteiger partial charge in [-0.1, -0.05) is 58.6 Å². The molecule has 0 aliphatic carbocycles. The predicted octanol–water partition coefficient (Wildman–Crippen LogP) is 5.14. The predicted molar refractivity (Wildman–Crippen MR) is 105 cm³/mol. The van der Waals surface area contributed by atoms with Crippen molar-refractivity contribution in [2.24, 2.45) is 0 Å². The number of rotatable bonds is 17. The lowest BCUT2D eigenvalue weighted by Crippen LogP contribution is -3.17. The zero-order valence-electron chi connectivity index (χ0n) is 16.3. The number of hydrogen-bond acceptors (Lipinski definition) is 1. The maximum Gasteiger partial charge on any atom is 0.0995 e. The fraction of sp³-hybridized carbons (Fsp3) is 0.810. The summed E-state index contributed by atoms with van der Waals surface area (Å²) in [6.07, 6.45) is 21.0. The van der Waals surface area contributed by atoms with Gasteiger partial charge in [0.05, 0.1) is 19.6 Å². The molecule has 1 unspecified atom stereocenters. The zero-order valence-corrected chi connectivity index (χ0v) is 16.3. The molecule has 0 amide bonds. The summed E-state index contributed by atoms with van der Waals surface area (Å²) in [5, 5.41) is 4.26. The van der Waals surface area contributed by atoms with Crippen LogP contribution in [0.2, 0.25) is 0 Å². The van der Waals surface area contributed by atoms with Crippen molar-refractivity contribution in [3.05, 3.63) is 24.9 Å². The largest absolute Gasteiger partial charge is 0.234 e. The minimum Gasteiger partial charge on any atom is -0.234 e. The average molecular weight is 324 g/mol. The number of nitrogens with one attached hydrogen (secondary N) is 1. The van der Waals surface area contributed by atoms with Crippen LogP contribution in [0.1, 0.15) is 91.4 Å². The lowest BCUT2D eigenvalue weighted by Gasteiger charge is -2.30. The van der Waals surface area contributed by atoms with E-state index in [0.717, 1.165) is 6.42 Å². The van der Waals surface area contributed by atoms with Crippen LogP contribution in [0.5, 0.6) is 0 Å². The number of hydrogen-bond donors (Lipinski definition) is 1. The first-order valence-electron chi connectivity index (χ1n) is 10.2. The first kappa shape index (κ1) is 22.2. The number of unbranched alkanes of at least 4 members (excludes halogenated alkanes) is 7. The topological polar surface area (TPSA) is 7.68 Å². The molecule has 0 bridgehead atoms. The summed E-state index contributed by atoms with van der Waals surface area (Å²) < 4.78 is 0. The minimum absolute atomic E-state index is 1.16. The Morgan fingerprint density at radius 3 is 2.04 bits per heavy atom. The Morgan fingerprint density at radius 2 is 1.43 bits per heavy atom. The molecule has 0 fully saturated rings. The van der Waals surface area contributed by atoms with Crippen molar-refractivity contribution in [1.82, 2.24) is 5.01 Å². The van der Waals surface area contributed by atoms with Crippen LogP contribution in [0.25, 0.3) is 0 Å². The number of nitrogens with zero attached hydrogens (tertiary/aromatic N) is 1. The van der Waals surface area contributed by atoms with Gasteiger partial charge in [-0.3, -0.25) is 0 Å². The molecule has 0 saturated heterocycles. The van der Waals surface area contributed by atoms with E-state index in [1.165, 1.54) is 83.8 Å². The molecule has 0 saturated carbocycles. The summed E-state index contributed by atoms with van der Waals surface area (Å²) in [5.74, 6) is 0. The van der Waals surface area contributed by atoms with Gasteiger partial charge in [-0.2, -0.15) is 0 Å². The monoisotopic (exact) mass is 323 g/mol. The summed E-state index contributed by atoms with van der Waals surface area (Å²) in [7, 11) is 0. The summed E-state index contributed by atoms with van der Waals surface area (Å²) in [4.78, 5) is 0. The Hall–Kier alpha value is -0.760. The lowest BCUT2D eigenvalue weighted by atomic mass is 10.2. The molecule has 0 rings (SSSR count). The lowest BCUT2D eigenvalue weighted by molar-refractivity contribution is -1.01. The second-order valence-electron chi connectivity index (χ2n) is 6.63. The third-order valence-electron chi connectivity index (χ3n) is 4.36. The zero-order chi connectivity index (χ0) is 17.2. The van der Waals surface area contributed by atoms with Gasteiger partial charge in [0.2, 0.25) is 0 Å². The molecule has 136 valence electrons. The van der Waals surface area contributed by atoms with E-state index in [1.54, 1.807) is 5.01 Å². The van der Waals surface area contributed by atoms with Gasteiger partial charge in [-0.25, -0.2) is 10.0 Å². The summed E-state index contributed by atoms with van der Waals surface area (Å²) in [6.45, 7) is 14.4. The minimum atomic E-state index is 1.16. The highest BCUT2D eigenvalue weighted by atomic mass is 15.6. The van der Waals surface area contributed by atoms with Gasteiger partial charge in [0.15, 0.2) is 0 Å². The van der Waals surface area contributed by atoms with Gasteiger partial charge < -0.3 is 0 Å². The molecule has 2 nitrogen and oxygen atoms in total. The molecule has 1 atom stereocenters. The first-order chi connectivity index (χ1) is 11.3. The molecule has 0 aromatic heterocycles. The summed E-state index contributed by atoms with van der Waals surface area (Å²) in [5.41, 5.74) is 0. The SMILES string of the molecule is C=CCCCC[NH+](CCCCC)N(C=CCCCC)CCCC. The van der Waals surface area contributed by atoms with Crippen molar-refractivity contribution in [3.8, 4) is 0 Å². The van der Waals surface area contributed by atoms with Gasteiger partial charge >= 0.3 is 0 Å². The molecule has 2 heteroatoms. The van der Waals surface area contributed by atoms with E-state index in [9.17, 15) is 0 Å². The van der Waals surface area contributed by atoms with E-state index in [4.69, 9.17) is 0 Å². The van der Waals surface area contributed by atoms with Crippen molar-refractivity contribution < 1.29 is 5.01 Å². The molecule has 0 radical (unpaired) electrons. The van der Waals surface area contributed by atoms with E-state index >= 15 is 0 Å². The molecule has 0 aliphatic heterocycles. The van der Waals surface area contributed by atoms with Crippen molar-refractivity contribution in [1.29, 1.82) is 0 Å². The highest BCUT2D eigenvalue weighted by molar-refractivity contribution is 4.78. The smallest absolute Gasteiger partial charge is 0.0995 e. The third kappa shape index (κ3) is 13.4. The molecule has 0 aromatic rings. The van der Waals surface area contributed by atoms with E-state index < -0.39 is 0 Å². The first-order valence-corrected chi connectivity index (χ1v) is 10.2. The number of allylic oxidation sites excluding steroid dienone is 2. The van der Waals surface area contributed by atoms with Crippen molar-refractivity contribution in [3.63, 3.8) is 0 Å². The van der Waals surface area contributed by atoms with E-state index in [-0.39, 0.29) is 0 Å². The van der Waals surface area contributed by atoms with E-state index in [2.05, 4.69) is 50.7 Å². The van der Waals surface area contributed by atoms with Crippen molar-refractivity contribution in [2.45, 2.75) is 91.4 Å². The van der Waals surface area contributed by atoms with Crippen LogP contribution in [0, 0.1) is 0 Å². The normalized spacial score (nSPS) is 12.7. The Bertz CT molecular complexity index is 273. The summed E-state index contributed by atoms with van der Waals surface area (Å²) in [6, 6.07) is 0. The average Bonchev–Trinajstić information content (AvgIpc) is 2.57. The van der Waals surface area contributed by atoms with Crippen LogP contribution in [0.4, 0.5) is 0 Å². The summed E-state index contributed by atoms with van der Waals surface area (Å²) >= 11 is 0.